The van der Waals surface area contributed by atoms with Crippen LogP contribution in [0, 0.1) is 0 Å². The summed E-state index contributed by atoms with van der Waals surface area (Å²) >= 11 is 0. The number of hydrogen-bond acceptors (Lipinski definition) is 2. The van der Waals surface area contributed by atoms with Crippen LogP contribution >= 0.6 is 0 Å². The summed E-state index contributed by atoms with van der Waals surface area (Å²) in [6.45, 7) is 0. The minimum absolute atomic E-state index is 0.898. The Kier molecular flexibility index (Phi) is 5.54. The standard InChI is InChI=1S/C42H27NO/c1-2-9-33(10-3-1)43(35-24-25-41-39(27-35)37-12-6-7-13-40(37)44-41)34-22-20-28(21-23-34)32-19-16-30-15-18-31-17-14-29-8-4-5-11-36(29)42(31)38(30)26-32/h1-27H. The first-order chi connectivity index (χ1) is 21.8. The Bertz CT molecular complexity index is 2480. The highest BCUT2D eigenvalue weighted by Gasteiger charge is 2.16. The fourth-order valence-corrected chi connectivity index (χ4v) is 6.69. The lowest BCUT2D eigenvalue weighted by atomic mass is 9.94. The van der Waals surface area contributed by atoms with E-state index in [2.05, 4.69) is 157 Å². The number of nitrogens with zero attached hydrogens (tertiary/aromatic N) is 1. The number of fused-ring (bicyclic) bond motifs is 8. The number of hydrogen-bond donors (Lipinski definition) is 0. The van der Waals surface area contributed by atoms with Crippen molar-refractivity contribution in [3.63, 3.8) is 0 Å². The van der Waals surface area contributed by atoms with Crippen molar-refractivity contribution in [2.24, 2.45) is 0 Å². The molecule has 0 bridgehead atoms. The van der Waals surface area contributed by atoms with Crippen molar-refractivity contribution in [1.82, 2.24) is 0 Å². The molecule has 0 aliphatic rings. The Labute approximate surface area is 255 Å². The Morgan fingerprint density at radius 1 is 0.341 bits per heavy atom. The lowest BCUT2D eigenvalue weighted by Gasteiger charge is -2.25. The molecule has 0 spiro atoms. The first-order valence-electron chi connectivity index (χ1n) is 15.0. The minimum Gasteiger partial charge on any atom is -0.456 e. The van der Waals surface area contributed by atoms with E-state index in [-0.39, 0.29) is 0 Å². The topological polar surface area (TPSA) is 16.4 Å². The summed E-state index contributed by atoms with van der Waals surface area (Å²) in [6, 6.07) is 58.6. The van der Waals surface area contributed by atoms with Crippen LogP contribution in [0.25, 0.3) is 65.4 Å². The van der Waals surface area contributed by atoms with Crippen LogP contribution in [0.4, 0.5) is 17.1 Å². The van der Waals surface area contributed by atoms with Gasteiger partial charge in [-0.15, -0.1) is 0 Å². The van der Waals surface area contributed by atoms with Gasteiger partial charge in [0.2, 0.25) is 0 Å². The van der Waals surface area contributed by atoms with E-state index in [4.69, 9.17) is 4.42 Å². The van der Waals surface area contributed by atoms with E-state index >= 15 is 0 Å². The molecule has 9 rings (SSSR count). The second-order valence-electron chi connectivity index (χ2n) is 11.4. The van der Waals surface area contributed by atoms with Crippen LogP contribution in [0.15, 0.2) is 168 Å². The maximum Gasteiger partial charge on any atom is 0.135 e. The van der Waals surface area contributed by atoms with Gasteiger partial charge in [-0.05, 0) is 98.0 Å². The second kappa shape index (κ2) is 9.86. The summed E-state index contributed by atoms with van der Waals surface area (Å²) in [7, 11) is 0. The third-order valence-electron chi connectivity index (χ3n) is 8.82. The first kappa shape index (κ1) is 24.7. The van der Waals surface area contributed by atoms with Crippen molar-refractivity contribution in [2.45, 2.75) is 0 Å². The van der Waals surface area contributed by atoms with Crippen LogP contribution < -0.4 is 4.90 Å². The van der Waals surface area contributed by atoms with Crippen LogP contribution in [0.3, 0.4) is 0 Å². The van der Waals surface area contributed by atoms with E-state index in [0.29, 0.717) is 0 Å². The lowest BCUT2D eigenvalue weighted by Crippen LogP contribution is -2.09. The molecule has 0 amide bonds. The van der Waals surface area contributed by atoms with E-state index in [0.717, 1.165) is 39.0 Å². The van der Waals surface area contributed by atoms with Crippen molar-refractivity contribution in [3.05, 3.63) is 164 Å². The molecule has 0 aliphatic heterocycles. The molecule has 0 atom stereocenters. The maximum absolute atomic E-state index is 6.13. The molecule has 9 aromatic rings. The van der Waals surface area contributed by atoms with E-state index in [1.54, 1.807) is 0 Å². The molecule has 0 N–H and O–H groups in total. The summed E-state index contributed by atoms with van der Waals surface area (Å²) in [6.07, 6.45) is 0. The summed E-state index contributed by atoms with van der Waals surface area (Å²) in [4.78, 5) is 2.31. The van der Waals surface area contributed by atoms with E-state index in [9.17, 15) is 0 Å². The van der Waals surface area contributed by atoms with Gasteiger partial charge in [0, 0.05) is 27.8 Å². The zero-order chi connectivity index (χ0) is 29.0. The zero-order valence-corrected chi connectivity index (χ0v) is 23.9. The predicted octanol–water partition coefficient (Wildman–Crippen LogP) is 12.2. The number of benzene rings is 8. The second-order valence-corrected chi connectivity index (χ2v) is 11.4. The molecule has 0 saturated carbocycles. The summed E-state index contributed by atoms with van der Waals surface area (Å²) in [5.74, 6) is 0. The highest BCUT2D eigenvalue weighted by Crippen LogP contribution is 2.40. The minimum atomic E-state index is 0.898. The Hall–Kier alpha value is -5.86. The molecular formula is C42H27NO. The van der Waals surface area contributed by atoms with Crippen molar-refractivity contribution >= 4 is 71.3 Å². The van der Waals surface area contributed by atoms with E-state index < -0.39 is 0 Å². The fourth-order valence-electron chi connectivity index (χ4n) is 6.69. The lowest BCUT2D eigenvalue weighted by molar-refractivity contribution is 0.669. The van der Waals surface area contributed by atoms with Crippen LogP contribution in [-0.2, 0) is 0 Å². The Morgan fingerprint density at radius 3 is 1.77 bits per heavy atom. The Morgan fingerprint density at radius 2 is 0.932 bits per heavy atom. The highest BCUT2D eigenvalue weighted by atomic mass is 16.3. The van der Waals surface area contributed by atoms with Gasteiger partial charge in [-0.3, -0.25) is 0 Å². The van der Waals surface area contributed by atoms with Crippen molar-refractivity contribution < 1.29 is 4.42 Å². The predicted molar refractivity (Wildman–Crippen MR) is 186 cm³/mol. The SMILES string of the molecule is c1ccc(N(c2ccc(-c3ccc4ccc5ccc6ccccc6c5c4c3)cc2)c2ccc3oc4ccccc4c3c2)cc1. The van der Waals surface area contributed by atoms with Crippen molar-refractivity contribution in [2.75, 3.05) is 4.90 Å². The van der Waals surface area contributed by atoms with Gasteiger partial charge in [0.15, 0.2) is 0 Å². The van der Waals surface area contributed by atoms with E-state index in [1.807, 2.05) is 12.1 Å². The van der Waals surface area contributed by atoms with Crippen molar-refractivity contribution in [3.8, 4) is 11.1 Å². The molecule has 44 heavy (non-hydrogen) atoms. The van der Waals surface area contributed by atoms with Crippen LogP contribution in [0.1, 0.15) is 0 Å². The number of rotatable bonds is 4. The van der Waals surface area contributed by atoms with Gasteiger partial charge in [0.05, 0.1) is 0 Å². The monoisotopic (exact) mass is 561 g/mol. The first-order valence-corrected chi connectivity index (χ1v) is 15.0. The zero-order valence-electron chi connectivity index (χ0n) is 23.9. The molecule has 2 nitrogen and oxygen atoms in total. The molecule has 8 aromatic carbocycles. The van der Waals surface area contributed by atoms with Gasteiger partial charge < -0.3 is 9.32 Å². The average molecular weight is 562 g/mol. The quantitative estimate of drug-likeness (QED) is 0.199. The van der Waals surface area contributed by atoms with Gasteiger partial charge >= 0.3 is 0 Å². The summed E-state index contributed by atoms with van der Waals surface area (Å²) in [5.41, 5.74) is 7.51. The van der Waals surface area contributed by atoms with Crippen LogP contribution in [0.5, 0.6) is 0 Å². The average Bonchev–Trinajstić information content (AvgIpc) is 3.47. The van der Waals surface area contributed by atoms with Gasteiger partial charge in [-0.2, -0.15) is 0 Å². The smallest absolute Gasteiger partial charge is 0.135 e. The highest BCUT2D eigenvalue weighted by molar-refractivity contribution is 6.20. The molecule has 0 fully saturated rings. The largest absolute Gasteiger partial charge is 0.456 e. The number of para-hydroxylation sites is 2. The van der Waals surface area contributed by atoms with Crippen LogP contribution in [-0.4, -0.2) is 0 Å². The molecule has 0 radical (unpaired) electrons. The fraction of sp³-hybridized carbons (Fsp3) is 0. The van der Waals surface area contributed by atoms with Gasteiger partial charge in [0.1, 0.15) is 11.2 Å². The van der Waals surface area contributed by atoms with E-state index in [1.165, 1.54) is 43.4 Å². The third kappa shape index (κ3) is 3.96. The van der Waals surface area contributed by atoms with Gasteiger partial charge in [-0.1, -0.05) is 109 Å². The molecule has 2 heteroatoms. The maximum atomic E-state index is 6.13. The molecular weight excluding hydrogens is 534 g/mol. The Balaban J connectivity index is 1.17. The molecule has 0 unspecified atom stereocenters. The molecule has 1 aromatic heterocycles. The number of anilines is 3. The molecule has 206 valence electrons. The molecule has 0 aliphatic carbocycles. The summed E-state index contributed by atoms with van der Waals surface area (Å²) < 4.78 is 6.13. The third-order valence-corrected chi connectivity index (χ3v) is 8.82. The number of furan rings is 1. The van der Waals surface area contributed by atoms with Gasteiger partial charge in [0.25, 0.3) is 0 Å². The normalized spacial score (nSPS) is 11.6. The van der Waals surface area contributed by atoms with Crippen LogP contribution in [0.2, 0.25) is 0 Å². The molecule has 1 heterocycles. The van der Waals surface area contributed by atoms with Crippen molar-refractivity contribution in [1.29, 1.82) is 0 Å². The summed E-state index contributed by atoms with van der Waals surface area (Å²) in [5, 5.41) is 9.94. The van der Waals surface area contributed by atoms with Gasteiger partial charge in [-0.25, -0.2) is 0 Å². The molecule has 0 saturated heterocycles.